The Hall–Kier alpha value is -1.56. The Morgan fingerprint density at radius 1 is 1.38 bits per heavy atom. The van der Waals surface area contributed by atoms with Crippen LogP contribution in [0, 0.1) is 0 Å². The van der Waals surface area contributed by atoms with Crippen molar-refractivity contribution < 1.29 is 19.8 Å². The summed E-state index contributed by atoms with van der Waals surface area (Å²) < 4.78 is 0. The van der Waals surface area contributed by atoms with Gasteiger partial charge in [-0.1, -0.05) is 0 Å². The van der Waals surface area contributed by atoms with E-state index in [1.807, 2.05) is 0 Å². The van der Waals surface area contributed by atoms with E-state index in [-0.39, 0.29) is 16.1 Å². The summed E-state index contributed by atoms with van der Waals surface area (Å²) in [4.78, 5) is 21.2. The third kappa shape index (κ3) is 1.62. The van der Waals surface area contributed by atoms with Crippen molar-refractivity contribution in [2.24, 2.45) is 0 Å². The summed E-state index contributed by atoms with van der Waals surface area (Å²) in [6.07, 6.45) is 0. The molecule has 0 amide bonds. The molecule has 1 aromatic rings. The van der Waals surface area contributed by atoms with Crippen LogP contribution in [0.4, 0.5) is 5.69 Å². The number of carboxylic acid groups (broad SMARTS) is 2. The topological polar surface area (TPSA) is 86.6 Å². The van der Waals surface area contributed by atoms with Crippen molar-refractivity contribution in [2.45, 2.75) is 0 Å². The SMILES string of the molecule is CNc1c(C(=O)O)csc1C(=O)O. The Bertz CT molecular complexity index is 326. The first-order chi connectivity index (χ1) is 6.07. The smallest absolute Gasteiger partial charge is 0.348 e. The van der Waals surface area contributed by atoms with Crippen LogP contribution >= 0.6 is 11.3 Å². The maximum absolute atomic E-state index is 10.6. The Kier molecular flexibility index (Phi) is 2.52. The minimum atomic E-state index is -1.13. The van der Waals surface area contributed by atoms with Gasteiger partial charge in [0.2, 0.25) is 0 Å². The average Bonchev–Trinajstić information content (AvgIpc) is 2.46. The van der Waals surface area contributed by atoms with Crippen molar-refractivity contribution in [3.05, 3.63) is 15.8 Å². The van der Waals surface area contributed by atoms with Gasteiger partial charge in [-0.15, -0.1) is 11.3 Å². The molecule has 3 N–H and O–H groups in total. The van der Waals surface area contributed by atoms with Crippen molar-refractivity contribution in [3.8, 4) is 0 Å². The highest BCUT2D eigenvalue weighted by atomic mass is 32.1. The molecule has 0 atom stereocenters. The monoisotopic (exact) mass is 201 g/mol. The predicted octanol–water partition coefficient (Wildman–Crippen LogP) is 1.19. The van der Waals surface area contributed by atoms with Gasteiger partial charge < -0.3 is 15.5 Å². The van der Waals surface area contributed by atoms with Gasteiger partial charge in [-0.25, -0.2) is 9.59 Å². The van der Waals surface area contributed by atoms with E-state index in [1.165, 1.54) is 12.4 Å². The Balaban J connectivity index is 3.26. The minimum absolute atomic E-state index is 0.00935. The molecule has 6 heteroatoms. The first-order valence-electron chi connectivity index (χ1n) is 3.33. The van der Waals surface area contributed by atoms with Gasteiger partial charge in [-0.2, -0.15) is 0 Å². The molecule has 0 aliphatic carbocycles. The molecule has 0 radical (unpaired) electrons. The third-order valence-electron chi connectivity index (χ3n) is 1.47. The van der Waals surface area contributed by atoms with Gasteiger partial charge in [-0.05, 0) is 0 Å². The normalized spacial score (nSPS) is 9.62. The lowest BCUT2D eigenvalue weighted by Gasteiger charge is -1.99. The predicted molar refractivity (Wildman–Crippen MR) is 47.8 cm³/mol. The highest BCUT2D eigenvalue weighted by Gasteiger charge is 2.19. The van der Waals surface area contributed by atoms with E-state index in [9.17, 15) is 9.59 Å². The molecule has 0 aliphatic heterocycles. The number of carbonyl (C=O) groups is 2. The average molecular weight is 201 g/mol. The van der Waals surface area contributed by atoms with Crippen molar-refractivity contribution in [2.75, 3.05) is 12.4 Å². The van der Waals surface area contributed by atoms with Crippen LogP contribution in [-0.2, 0) is 0 Å². The molecule has 1 rings (SSSR count). The molecule has 0 aliphatic rings. The largest absolute Gasteiger partial charge is 0.478 e. The van der Waals surface area contributed by atoms with Gasteiger partial charge in [0, 0.05) is 12.4 Å². The van der Waals surface area contributed by atoms with E-state index in [4.69, 9.17) is 10.2 Å². The van der Waals surface area contributed by atoms with E-state index in [0.29, 0.717) is 0 Å². The standard InChI is InChI=1S/C7H7NO4S/c1-8-4-3(6(9)10)2-13-5(4)7(11)12/h2,8H,1H3,(H,9,10)(H,11,12). The van der Waals surface area contributed by atoms with Crippen LogP contribution < -0.4 is 5.32 Å². The molecule has 0 saturated carbocycles. The summed E-state index contributed by atoms with van der Waals surface area (Å²) in [5.41, 5.74) is 0.148. The zero-order chi connectivity index (χ0) is 10.0. The van der Waals surface area contributed by atoms with Gasteiger partial charge in [0.15, 0.2) is 0 Å². The number of hydrogen-bond acceptors (Lipinski definition) is 4. The van der Waals surface area contributed by atoms with Gasteiger partial charge >= 0.3 is 11.9 Å². The lowest BCUT2D eigenvalue weighted by atomic mass is 10.2. The third-order valence-corrected chi connectivity index (χ3v) is 2.43. The van der Waals surface area contributed by atoms with E-state index >= 15 is 0 Å². The van der Waals surface area contributed by atoms with Crippen molar-refractivity contribution in [1.82, 2.24) is 0 Å². The van der Waals surface area contributed by atoms with Crippen molar-refractivity contribution in [1.29, 1.82) is 0 Å². The number of anilines is 1. The number of carboxylic acids is 2. The zero-order valence-electron chi connectivity index (χ0n) is 6.70. The fraction of sp³-hybridized carbons (Fsp3) is 0.143. The molecular weight excluding hydrogens is 194 g/mol. The summed E-state index contributed by atoms with van der Waals surface area (Å²) >= 11 is 0.894. The van der Waals surface area contributed by atoms with Crippen LogP contribution in [0.1, 0.15) is 20.0 Å². The Morgan fingerprint density at radius 2 is 2.00 bits per heavy atom. The number of nitrogens with one attached hydrogen (secondary N) is 1. The molecule has 0 fully saturated rings. The second-order valence-electron chi connectivity index (χ2n) is 2.21. The van der Waals surface area contributed by atoms with Crippen LogP contribution in [0.2, 0.25) is 0 Å². The maximum atomic E-state index is 10.6. The van der Waals surface area contributed by atoms with Crippen molar-refractivity contribution in [3.63, 3.8) is 0 Å². The van der Waals surface area contributed by atoms with E-state index in [0.717, 1.165) is 11.3 Å². The zero-order valence-corrected chi connectivity index (χ0v) is 7.51. The highest BCUT2D eigenvalue weighted by Crippen LogP contribution is 2.27. The van der Waals surface area contributed by atoms with Crippen LogP contribution in [0.25, 0.3) is 0 Å². The van der Waals surface area contributed by atoms with Gasteiger partial charge in [0.05, 0.1) is 11.3 Å². The van der Waals surface area contributed by atoms with Gasteiger partial charge in [0.1, 0.15) is 4.88 Å². The van der Waals surface area contributed by atoms with Crippen LogP contribution in [0.5, 0.6) is 0 Å². The van der Waals surface area contributed by atoms with E-state index < -0.39 is 11.9 Å². The summed E-state index contributed by atoms with van der Waals surface area (Å²) in [6, 6.07) is 0. The van der Waals surface area contributed by atoms with E-state index in [1.54, 1.807) is 0 Å². The number of thiophene rings is 1. The minimum Gasteiger partial charge on any atom is -0.478 e. The van der Waals surface area contributed by atoms with E-state index in [2.05, 4.69) is 5.32 Å². The molecule has 1 heterocycles. The number of aromatic carboxylic acids is 2. The molecule has 70 valence electrons. The summed E-state index contributed by atoms with van der Waals surface area (Å²) in [7, 11) is 1.49. The molecule has 5 nitrogen and oxygen atoms in total. The lowest BCUT2D eigenvalue weighted by molar-refractivity contribution is 0.0696. The second-order valence-corrected chi connectivity index (χ2v) is 3.09. The summed E-state index contributed by atoms with van der Waals surface area (Å²) in [5.74, 6) is -2.25. The molecule has 0 saturated heterocycles. The van der Waals surface area contributed by atoms with Crippen molar-refractivity contribution >= 4 is 29.0 Å². The molecule has 0 aromatic carbocycles. The molecule has 1 aromatic heterocycles. The van der Waals surface area contributed by atoms with Crippen LogP contribution in [-0.4, -0.2) is 29.2 Å². The van der Waals surface area contributed by atoms with Gasteiger partial charge in [0.25, 0.3) is 0 Å². The van der Waals surface area contributed by atoms with Crippen LogP contribution in [0.15, 0.2) is 5.38 Å². The highest BCUT2D eigenvalue weighted by molar-refractivity contribution is 7.13. The summed E-state index contributed by atoms with van der Waals surface area (Å²) in [6.45, 7) is 0. The molecule has 0 unspecified atom stereocenters. The first kappa shape index (κ1) is 9.53. The molecule has 0 spiro atoms. The first-order valence-corrected chi connectivity index (χ1v) is 4.21. The Morgan fingerprint density at radius 3 is 2.38 bits per heavy atom. The van der Waals surface area contributed by atoms with Crippen LogP contribution in [0.3, 0.4) is 0 Å². The molecule has 0 bridgehead atoms. The fourth-order valence-corrected chi connectivity index (χ4v) is 1.81. The lowest BCUT2D eigenvalue weighted by Crippen LogP contribution is -2.03. The summed E-state index contributed by atoms with van der Waals surface area (Å²) in [5, 5.41) is 21.2. The number of rotatable bonds is 3. The maximum Gasteiger partial charge on any atom is 0.348 e. The second kappa shape index (κ2) is 3.44. The number of hydrogen-bond donors (Lipinski definition) is 3. The quantitative estimate of drug-likeness (QED) is 0.683. The fourth-order valence-electron chi connectivity index (χ4n) is 0.921. The Labute approximate surface area is 77.6 Å². The molecule has 13 heavy (non-hydrogen) atoms. The molecular formula is C7H7NO4S. The van der Waals surface area contributed by atoms with Gasteiger partial charge in [-0.3, -0.25) is 0 Å².